The average molecular weight is 326 g/mol. The van der Waals surface area contributed by atoms with Gasteiger partial charge in [0.1, 0.15) is 17.7 Å². The van der Waals surface area contributed by atoms with Crippen molar-refractivity contribution in [2.75, 3.05) is 5.32 Å². The molecule has 0 spiro atoms. The van der Waals surface area contributed by atoms with E-state index in [1.807, 2.05) is 24.3 Å². The van der Waals surface area contributed by atoms with Crippen molar-refractivity contribution < 1.29 is 0 Å². The highest BCUT2D eigenvalue weighted by Gasteiger charge is 2.15. The number of benzene rings is 1. The van der Waals surface area contributed by atoms with Crippen LogP contribution in [0, 0.1) is 6.92 Å². The van der Waals surface area contributed by atoms with E-state index in [4.69, 9.17) is 10.1 Å². The fourth-order valence-corrected chi connectivity index (χ4v) is 3.05. The number of rotatable bonds is 2. The molecule has 4 heterocycles. The number of anilines is 2. The van der Waals surface area contributed by atoms with Gasteiger partial charge in [-0.3, -0.25) is 4.98 Å². The maximum absolute atomic E-state index is 4.80. The van der Waals surface area contributed by atoms with E-state index < -0.39 is 0 Å². The Kier molecular flexibility index (Phi) is 2.90. The van der Waals surface area contributed by atoms with E-state index in [1.54, 1.807) is 29.4 Å². The highest BCUT2D eigenvalue weighted by Crippen LogP contribution is 2.32. The first-order valence-electron chi connectivity index (χ1n) is 7.99. The van der Waals surface area contributed by atoms with Gasteiger partial charge in [0.05, 0.1) is 22.6 Å². The summed E-state index contributed by atoms with van der Waals surface area (Å²) in [5.41, 5.74) is 4.85. The number of nitrogens with one attached hydrogen (secondary N) is 1. The lowest BCUT2D eigenvalue weighted by Crippen LogP contribution is -1.96. The average Bonchev–Trinajstić information content (AvgIpc) is 3.04. The normalized spacial score (nSPS) is 11.4. The molecule has 120 valence electrons. The Morgan fingerprint density at radius 2 is 1.80 bits per heavy atom. The van der Waals surface area contributed by atoms with E-state index in [0.29, 0.717) is 0 Å². The second-order valence-corrected chi connectivity index (χ2v) is 5.98. The van der Waals surface area contributed by atoms with Crippen molar-refractivity contribution in [3.8, 4) is 0 Å². The third kappa shape index (κ3) is 2.19. The van der Waals surface area contributed by atoms with Gasteiger partial charge in [0.15, 0.2) is 0 Å². The summed E-state index contributed by atoms with van der Waals surface area (Å²) in [6.07, 6.45) is 7.00. The van der Waals surface area contributed by atoms with E-state index in [9.17, 15) is 0 Å². The van der Waals surface area contributed by atoms with Crippen molar-refractivity contribution in [3.05, 3.63) is 66.9 Å². The Balaban J connectivity index is 1.84. The maximum atomic E-state index is 4.80. The monoisotopic (exact) mass is 326 g/mol. The molecule has 6 nitrogen and oxygen atoms in total. The number of pyridine rings is 2. The number of aromatic nitrogens is 5. The molecule has 0 saturated heterocycles. The van der Waals surface area contributed by atoms with Crippen LogP contribution in [-0.2, 0) is 0 Å². The second kappa shape index (κ2) is 5.24. The summed E-state index contributed by atoms with van der Waals surface area (Å²) in [6.45, 7) is 2.07. The third-order valence-electron chi connectivity index (χ3n) is 4.28. The Morgan fingerprint density at radius 1 is 0.960 bits per heavy atom. The van der Waals surface area contributed by atoms with Gasteiger partial charge in [-0.05, 0) is 31.2 Å². The highest BCUT2D eigenvalue weighted by molar-refractivity contribution is 6.14. The van der Waals surface area contributed by atoms with Crippen molar-refractivity contribution in [2.24, 2.45) is 0 Å². The van der Waals surface area contributed by atoms with Gasteiger partial charge in [0.25, 0.3) is 0 Å². The summed E-state index contributed by atoms with van der Waals surface area (Å²) in [5.74, 6) is 0.764. The molecule has 0 atom stereocenters. The van der Waals surface area contributed by atoms with E-state index in [2.05, 4.69) is 34.3 Å². The minimum Gasteiger partial charge on any atom is -0.340 e. The molecule has 0 fully saturated rings. The highest BCUT2D eigenvalue weighted by atomic mass is 15.2. The van der Waals surface area contributed by atoms with Crippen LogP contribution in [0.1, 0.15) is 5.56 Å². The van der Waals surface area contributed by atoms with Gasteiger partial charge in [-0.1, -0.05) is 17.7 Å². The van der Waals surface area contributed by atoms with Gasteiger partial charge in [-0.15, -0.1) is 0 Å². The zero-order valence-electron chi connectivity index (χ0n) is 13.5. The predicted octanol–water partition coefficient (Wildman–Crippen LogP) is 3.88. The topological polar surface area (TPSA) is 68.0 Å². The van der Waals surface area contributed by atoms with Crippen LogP contribution >= 0.6 is 0 Å². The first-order valence-corrected chi connectivity index (χ1v) is 7.99. The second-order valence-electron chi connectivity index (χ2n) is 5.98. The SMILES string of the molecule is Cc1ccc(Nc2nc3cnccc3c3nn4cnccc4c23)cc1. The van der Waals surface area contributed by atoms with Gasteiger partial charge < -0.3 is 5.32 Å². The first-order chi connectivity index (χ1) is 12.3. The molecule has 0 aliphatic rings. The summed E-state index contributed by atoms with van der Waals surface area (Å²) >= 11 is 0. The fraction of sp³-hybridized carbons (Fsp3) is 0.0526. The lowest BCUT2D eigenvalue weighted by Gasteiger charge is -2.09. The van der Waals surface area contributed by atoms with E-state index in [0.717, 1.165) is 38.8 Å². The Labute approximate surface area is 143 Å². The summed E-state index contributed by atoms with van der Waals surface area (Å²) in [5, 5.41) is 10.1. The van der Waals surface area contributed by atoms with Crippen LogP contribution in [0.25, 0.3) is 27.3 Å². The number of fused-ring (bicyclic) bond motifs is 5. The van der Waals surface area contributed by atoms with Crippen molar-refractivity contribution >= 4 is 38.8 Å². The summed E-state index contributed by atoms with van der Waals surface area (Å²) in [7, 11) is 0. The molecule has 0 amide bonds. The van der Waals surface area contributed by atoms with Crippen LogP contribution in [0.5, 0.6) is 0 Å². The molecule has 25 heavy (non-hydrogen) atoms. The Hall–Kier alpha value is -3.54. The van der Waals surface area contributed by atoms with E-state index >= 15 is 0 Å². The van der Waals surface area contributed by atoms with Gasteiger partial charge in [-0.25, -0.2) is 14.5 Å². The third-order valence-corrected chi connectivity index (χ3v) is 4.28. The smallest absolute Gasteiger partial charge is 0.142 e. The molecule has 0 aliphatic carbocycles. The predicted molar refractivity (Wildman–Crippen MR) is 98.1 cm³/mol. The standard InChI is InChI=1S/C19H14N6/c1-12-2-4-13(5-3-12)22-19-17-16-7-9-21-11-25(16)24-18(17)14-6-8-20-10-15(14)23-19/h2-11H,1H3,(H,22,23). The minimum atomic E-state index is 0.764. The van der Waals surface area contributed by atoms with Crippen LogP contribution in [0.3, 0.4) is 0 Å². The van der Waals surface area contributed by atoms with Gasteiger partial charge in [0, 0.05) is 23.5 Å². The number of aryl methyl sites for hydroxylation is 1. The van der Waals surface area contributed by atoms with E-state index in [-0.39, 0.29) is 0 Å². The van der Waals surface area contributed by atoms with Crippen molar-refractivity contribution in [3.63, 3.8) is 0 Å². The lowest BCUT2D eigenvalue weighted by atomic mass is 10.1. The van der Waals surface area contributed by atoms with Gasteiger partial charge in [-0.2, -0.15) is 5.10 Å². The molecular formula is C19H14N6. The number of hydrogen-bond acceptors (Lipinski definition) is 5. The Bertz CT molecular complexity index is 1220. The van der Waals surface area contributed by atoms with Crippen LogP contribution < -0.4 is 5.32 Å². The van der Waals surface area contributed by atoms with Crippen molar-refractivity contribution in [1.29, 1.82) is 0 Å². The molecule has 0 saturated carbocycles. The number of nitrogens with zero attached hydrogens (tertiary/aromatic N) is 5. The summed E-state index contributed by atoms with van der Waals surface area (Å²) in [6, 6.07) is 12.1. The summed E-state index contributed by atoms with van der Waals surface area (Å²) < 4.78 is 1.78. The molecule has 0 unspecified atom stereocenters. The quantitative estimate of drug-likeness (QED) is 0.533. The first kappa shape index (κ1) is 13.9. The van der Waals surface area contributed by atoms with Crippen LogP contribution in [0.2, 0.25) is 0 Å². The lowest BCUT2D eigenvalue weighted by molar-refractivity contribution is 0.939. The molecular weight excluding hydrogens is 312 g/mol. The molecule has 0 bridgehead atoms. The van der Waals surface area contributed by atoms with Crippen LogP contribution in [0.15, 0.2) is 61.3 Å². The molecule has 0 radical (unpaired) electrons. The molecule has 1 aromatic carbocycles. The van der Waals surface area contributed by atoms with E-state index in [1.165, 1.54) is 5.56 Å². The largest absolute Gasteiger partial charge is 0.340 e. The zero-order chi connectivity index (χ0) is 16.8. The molecule has 5 rings (SSSR count). The molecule has 5 aromatic rings. The number of hydrogen-bond donors (Lipinski definition) is 1. The molecule has 6 heteroatoms. The van der Waals surface area contributed by atoms with Crippen LogP contribution in [0.4, 0.5) is 11.5 Å². The zero-order valence-corrected chi connectivity index (χ0v) is 13.5. The van der Waals surface area contributed by atoms with Crippen molar-refractivity contribution in [1.82, 2.24) is 24.6 Å². The molecule has 0 aliphatic heterocycles. The van der Waals surface area contributed by atoms with Gasteiger partial charge in [0.2, 0.25) is 0 Å². The van der Waals surface area contributed by atoms with Gasteiger partial charge >= 0.3 is 0 Å². The van der Waals surface area contributed by atoms with Crippen molar-refractivity contribution in [2.45, 2.75) is 6.92 Å². The Morgan fingerprint density at radius 3 is 2.68 bits per heavy atom. The molecule has 4 aromatic heterocycles. The minimum absolute atomic E-state index is 0.764. The van der Waals surface area contributed by atoms with Crippen LogP contribution in [-0.4, -0.2) is 24.6 Å². The summed E-state index contributed by atoms with van der Waals surface area (Å²) in [4.78, 5) is 13.2. The molecule has 1 N–H and O–H groups in total. The maximum Gasteiger partial charge on any atom is 0.142 e. The fourth-order valence-electron chi connectivity index (χ4n) is 3.05.